The standard InChI is InChI=1S/C24H19F2N3O2S/c1-31-17-6-4-5-15(11-17)22-13-24(29-21-8-3-2-7-20(21)28-22)32-14-23(30)27-16-9-10-18(25)19(26)12-16/h2-12H,13-14H2,1H3,(H,27,30). The van der Waals surface area contributed by atoms with Crippen molar-refractivity contribution in [2.45, 2.75) is 6.42 Å². The number of benzene rings is 3. The average Bonchev–Trinajstić information content (AvgIpc) is 2.99. The molecule has 3 aromatic rings. The number of methoxy groups -OCH3 is 1. The van der Waals surface area contributed by atoms with Gasteiger partial charge in [0.2, 0.25) is 5.91 Å². The first-order valence-corrected chi connectivity index (χ1v) is 10.8. The number of aliphatic imine (C=N–C) groups is 2. The SMILES string of the molecule is COc1cccc(C2=Nc3ccccc3N=C(SCC(=O)Nc3ccc(F)c(F)c3)C2)c1. The molecule has 8 heteroatoms. The van der Waals surface area contributed by atoms with Gasteiger partial charge in [-0.1, -0.05) is 24.3 Å². The van der Waals surface area contributed by atoms with E-state index in [0.717, 1.165) is 39.9 Å². The van der Waals surface area contributed by atoms with Gasteiger partial charge in [0.05, 0.1) is 35.0 Å². The van der Waals surface area contributed by atoms with Crippen molar-refractivity contribution in [3.63, 3.8) is 0 Å². The number of nitrogens with one attached hydrogen (secondary N) is 1. The van der Waals surface area contributed by atoms with Gasteiger partial charge in [0, 0.05) is 23.7 Å². The lowest BCUT2D eigenvalue weighted by Gasteiger charge is -2.09. The quantitative estimate of drug-likeness (QED) is 0.525. The summed E-state index contributed by atoms with van der Waals surface area (Å²) >= 11 is 1.28. The summed E-state index contributed by atoms with van der Waals surface area (Å²) in [7, 11) is 1.61. The van der Waals surface area contributed by atoms with Crippen molar-refractivity contribution in [3.8, 4) is 5.75 Å². The van der Waals surface area contributed by atoms with E-state index in [1.54, 1.807) is 7.11 Å². The average molecular weight is 451 g/mol. The molecule has 1 heterocycles. The largest absolute Gasteiger partial charge is 0.497 e. The number of rotatable bonds is 5. The molecule has 4 rings (SSSR count). The zero-order valence-corrected chi connectivity index (χ0v) is 18.0. The number of nitrogens with zero attached hydrogens (tertiary/aromatic N) is 2. The Labute approximate surface area is 188 Å². The first kappa shape index (κ1) is 21.7. The lowest BCUT2D eigenvalue weighted by atomic mass is 10.1. The Hall–Kier alpha value is -3.52. The summed E-state index contributed by atoms with van der Waals surface area (Å²) in [4.78, 5) is 21.9. The number of thioether (sulfide) groups is 1. The van der Waals surface area contributed by atoms with Crippen molar-refractivity contribution in [2.75, 3.05) is 18.2 Å². The Bertz CT molecular complexity index is 1230. The van der Waals surface area contributed by atoms with Crippen molar-refractivity contribution in [1.82, 2.24) is 0 Å². The fourth-order valence-corrected chi connectivity index (χ4v) is 3.90. The molecule has 1 amide bonds. The summed E-state index contributed by atoms with van der Waals surface area (Å²) in [5.41, 5.74) is 3.36. The monoisotopic (exact) mass is 451 g/mol. The Morgan fingerprint density at radius 3 is 2.53 bits per heavy atom. The van der Waals surface area contributed by atoms with Crippen LogP contribution < -0.4 is 10.1 Å². The fraction of sp³-hybridized carbons (Fsp3) is 0.125. The number of hydrogen-bond acceptors (Lipinski definition) is 5. The van der Waals surface area contributed by atoms with E-state index >= 15 is 0 Å². The first-order chi connectivity index (χ1) is 15.5. The van der Waals surface area contributed by atoms with Crippen LogP contribution in [0.3, 0.4) is 0 Å². The van der Waals surface area contributed by atoms with Crippen molar-refractivity contribution < 1.29 is 18.3 Å². The van der Waals surface area contributed by atoms with Crippen LogP contribution in [0.25, 0.3) is 0 Å². The minimum absolute atomic E-state index is 0.0609. The molecule has 0 saturated carbocycles. The van der Waals surface area contributed by atoms with E-state index in [9.17, 15) is 13.6 Å². The molecule has 0 atom stereocenters. The Balaban J connectivity index is 1.53. The van der Waals surface area contributed by atoms with Gasteiger partial charge in [-0.3, -0.25) is 9.79 Å². The molecule has 0 saturated heterocycles. The van der Waals surface area contributed by atoms with Crippen LogP contribution in [0.15, 0.2) is 76.7 Å². The van der Waals surface area contributed by atoms with E-state index in [-0.39, 0.29) is 17.3 Å². The maximum atomic E-state index is 13.4. The molecule has 162 valence electrons. The molecule has 0 aliphatic carbocycles. The van der Waals surface area contributed by atoms with Crippen molar-refractivity contribution in [1.29, 1.82) is 0 Å². The van der Waals surface area contributed by atoms with Gasteiger partial charge in [-0.15, -0.1) is 11.8 Å². The van der Waals surface area contributed by atoms with Gasteiger partial charge in [0.1, 0.15) is 5.75 Å². The third-order valence-electron chi connectivity index (χ3n) is 4.68. The van der Waals surface area contributed by atoms with Gasteiger partial charge in [0.25, 0.3) is 0 Å². The molecule has 1 N–H and O–H groups in total. The van der Waals surface area contributed by atoms with Crippen LogP contribution in [0.2, 0.25) is 0 Å². The van der Waals surface area contributed by atoms with Crippen molar-refractivity contribution in [2.24, 2.45) is 9.98 Å². The first-order valence-electron chi connectivity index (χ1n) is 9.78. The van der Waals surface area contributed by atoms with Gasteiger partial charge in [0.15, 0.2) is 11.6 Å². The van der Waals surface area contributed by atoms with Crippen LogP contribution in [0.5, 0.6) is 5.75 Å². The maximum Gasteiger partial charge on any atom is 0.234 e. The third kappa shape index (κ3) is 5.20. The van der Waals surface area contributed by atoms with Crippen LogP contribution in [0.4, 0.5) is 25.8 Å². The fourth-order valence-electron chi connectivity index (χ4n) is 3.13. The minimum Gasteiger partial charge on any atom is -0.497 e. The number of carbonyl (C=O) groups is 1. The lowest BCUT2D eigenvalue weighted by molar-refractivity contribution is -0.113. The van der Waals surface area contributed by atoms with Gasteiger partial charge in [-0.05, 0) is 36.4 Å². The minimum atomic E-state index is -1.01. The molecule has 0 aromatic heterocycles. The van der Waals surface area contributed by atoms with Gasteiger partial charge < -0.3 is 10.1 Å². The second kappa shape index (κ2) is 9.74. The number of hydrogen-bond donors (Lipinski definition) is 1. The summed E-state index contributed by atoms with van der Waals surface area (Å²) in [6, 6.07) is 18.4. The number of carbonyl (C=O) groups excluding carboxylic acids is 1. The highest BCUT2D eigenvalue weighted by molar-refractivity contribution is 8.14. The normalized spacial score (nSPS) is 12.8. The molecule has 1 aliphatic heterocycles. The summed E-state index contributed by atoms with van der Waals surface area (Å²) in [5.74, 6) is -1.54. The molecule has 32 heavy (non-hydrogen) atoms. The molecule has 0 unspecified atom stereocenters. The van der Waals surface area contributed by atoms with Gasteiger partial charge in [-0.25, -0.2) is 13.8 Å². The number of anilines is 1. The molecular formula is C24H19F2N3O2S. The van der Waals surface area contributed by atoms with E-state index in [1.165, 1.54) is 17.8 Å². The van der Waals surface area contributed by atoms with Crippen molar-refractivity contribution in [3.05, 3.63) is 83.9 Å². The predicted molar refractivity (Wildman–Crippen MR) is 125 cm³/mol. The highest BCUT2D eigenvalue weighted by atomic mass is 32.2. The highest BCUT2D eigenvalue weighted by Gasteiger charge is 2.17. The smallest absolute Gasteiger partial charge is 0.234 e. The summed E-state index contributed by atoms with van der Waals surface area (Å²) < 4.78 is 31.8. The van der Waals surface area contributed by atoms with Crippen molar-refractivity contribution >= 4 is 45.5 Å². The molecule has 0 radical (unpaired) electrons. The topological polar surface area (TPSA) is 63.1 Å². The van der Waals surface area contributed by atoms with Crippen LogP contribution >= 0.6 is 11.8 Å². The Kier molecular flexibility index (Phi) is 6.61. The van der Waals surface area contributed by atoms with E-state index in [1.807, 2.05) is 48.5 Å². The van der Waals surface area contributed by atoms with Crippen LogP contribution in [-0.2, 0) is 4.79 Å². The highest BCUT2D eigenvalue weighted by Crippen LogP contribution is 2.33. The molecular weight excluding hydrogens is 432 g/mol. The van der Waals surface area contributed by atoms with E-state index in [4.69, 9.17) is 14.7 Å². The summed E-state index contributed by atoms with van der Waals surface area (Å²) in [6.45, 7) is 0. The Morgan fingerprint density at radius 2 is 1.78 bits per heavy atom. The zero-order valence-electron chi connectivity index (χ0n) is 17.1. The number of fused-ring (bicyclic) bond motifs is 1. The third-order valence-corrected chi connectivity index (χ3v) is 5.65. The molecule has 0 fully saturated rings. The Morgan fingerprint density at radius 1 is 1.00 bits per heavy atom. The summed E-state index contributed by atoms with van der Waals surface area (Å²) in [5, 5.41) is 3.29. The van der Waals surface area contributed by atoms with E-state index < -0.39 is 11.6 Å². The number of halogens is 2. The van der Waals surface area contributed by atoms with Gasteiger partial charge in [-0.2, -0.15) is 0 Å². The second-order valence-corrected chi connectivity index (χ2v) is 7.98. The van der Waals surface area contributed by atoms with E-state index in [0.29, 0.717) is 12.1 Å². The van der Waals surface area contributed by atoms with Crippen LogP contribution in [0, 0.1) is 11.6 Å². The van der Waals surface area contributed by atoms with Crippen LogP contribution in [0.1, 0.15) is 12.0 Å². The number of amides is 1. The number of para-hydroxylation sites is 2. The lowest BCUT2D eigenvalue weighted by Crippen LogP contribution is -2.16. The second-order valence-electron chi connectivity index (χ2n) is 6.93. The summed E-state index contributed by atoms with van der Waals surface area (Å²) in [6.07, 6.45) is 0.435. The molecule has 1 aliphatic rings. The van der Waals surface area contributed by atoms with Crippen LogP contribution in [-0.4, -0.2) is 29.5 Å². The van der Waals surface area contributed by atoms with E-state index in [2.05, 4.69) is 5.32 Å². The van der Waals surface area contributed by atoms with Gasteiger partial charge >= 0.3 is 0 Å². The predicted octanol–water partition coefficient (Wildman–Crippen LogP) is 5.90. The molecule has 0 bridgehead atoms. The molecule has 3 aromatic carbocycles. The number of ether oxygens (including phenoxy) is 1. The zero-order chi connectivity index (χ0) is 22.5. The molecule has 5 nitrogen and oxygen atoms in total. The maximum absolute atomic E-state index is 13.4. The molecule has 0 spiro atoms.